The standard InChI is InChI=1S/C30H36NOSi/c1-18-11-10-12-22-19(2)25-27-26-21(13-14-31(27)6)15-20(17-30(3,4)5)16-23(26)32-28(25)29(24(18)22)33(7,8)9/h10-16H,17H2,1-9H3/q+1. The number of ether oxygens (including phenoxy) is 1. The van der Waals surface area contributed by atoms with Crippen LogP contribution in [0.25, 0.3) is 32.8 Å². The lowest BCUT2D eigenvalue weighted by Gasteiger charge is -2.30. The first-order chi connectivity index (χ1) is 15.4. The Morgan fingerprint density at radius 1 is 0.970 bits per heavy atom. The molecule has 2 nitrogen and oxygen atoms in total. The number of fused-ring (bicyclic) bond motifs is 3. The Morgan fingerprint density at radius 2 is 1.70 bits per heavy atom. The number of hydrogen-bond donors (Lipinski definition) is 0. The summed E-state index contributed by atoms with van der Waals surface area (Å²) in [5.74, 6) is 2.11. The van der Waals surface area contributed by atoms with E-state index in [9.17, 15) is 0 Å². The third kappa shape index (κ3) is 3.49. The van der Waals surface area contributed by atoms with E-state index >= 15 is 0 Å². The van der Waals surface area contributed by atoms with E-state index in [1.54, 1.807) is 0 Å². The zero-order chi connectivity index (χ0) is 23.9. The molecule has 0 saturated carbocycles. The van der Waals surface area contributed by atoms with Crippen LogP contribution in [0.4, 0.5) is 0 Å². The van der Waals surface area contributed by atoms with Crippen LogP contribution in [0.1, 0.15) is 37.5 Å². The summed E-state index contributed by atoms with van der Waals surface area (Å²) in [4.78, 5) is 0. The first kappa shape index (κ1) is 22.2. The van der Waals surface area contributed by atoms with Crippen LogP contribution < -0.4 is 14.5 Å². The molecule has 0 atom stereocenters. The van der Waals surface area contributed by atoms with E-state index in [4.69, 9.17) is 4.74 Å². The summed E-state index contributed by atoms with van der Waals surface area (Å²) in [6, 6.07) is 13.6. The SMILES string of the molecule is Cc1c2c(c([Si](C)(C)C)c3c(C)cccc13)Oc1cc(CC(C)(C)C)cc3cc[n+](C)c-2c13. The number of aromatic nitrogens is 1. The molecule has 0 fully saturated rings. The first-order valence-electron chi connectivity index (χ1n) is 12.1. The maximum absolute atomic E-state index is 6.98. The van der Waals surface area contributed by atoms with Crippen molar-refractivity contribution in [2.24, 2.45) is 12.5 Å². The smallest absolute Gasteiger partial charge is 0.228 e. The van der Waals surface area contributed by atoms with Crippen LogP contribution >= 0.6 is 0 Å². The van der Waals surface area contributed by atoms with Crippen molar-refractivity contribution in [3.63, 3.8) is 0 Å². The van der Waals surface area contributed by atoms with Crippen molar-refractivity contribution in [1.29, 1.82) is 0 Å². The number of hydrogen-bond acceptors (Lipinski definition) is 1. The third-order valence-corrected chi connectivity index (χ3v) is 8.93. The zero-order valence-electron chi connectivity index (χ0n) is 21.6. The summed E-state index contributed by atoms with van der Waals surface area (Å²) in [7, 11) is 0.432. The van der Waals surface area contributed by atoms with Gasteiger partial charge in [0, 0.05) is 6.07 Å². The summed E-state index contributed by atoms with van der Waals surface area (Å²) in [5.41, 5.74) is 6.79. The van der Waals surface area contributed by atoms with Crippen molar-refractivity contribution in [2.75, 3.05) is 0 Å². The van der Waals surface area contributed by atoms with Crippen LogP contribution in [-0.4, -0.2) is 8.07 Å². The molecule has 3 aromatic carbocycles. The quantitative estimate of drug-likeness (QED) is 0.201. The summed E-state index contributed by atoms with van der Waals surface area (Å²) in [6.07, 6.45) is 3.24. The summed E-state index contributed by atoms with van der Waals surface area (Å²) >= 11 is 0. The van der Waals surface area contributed by atoms with Gasteiger partial charge >= 0.3 is 0 Å². The molecule has 0 unspecified atom stereocenters. The van der Waals surface area contributed by atoms with Crippen molar-refractivity contribution < 1.29 is 9.30 Å². The number of aryl methyl sites for hydroxylation is 3. The highest BCUT2D eigenvalue weighted by molar-refractivity contribution is 6.91. The minimum Gasteiger partial charge on any atom is -0.456 e. The molecule has 0 N–H and O–H groups in total. The van der Waals surface area contributed by atoms with Crippen LogP contribution in [0.2, 0.25) is 19.6 Å². The molecule has 0 aliphatic carbocycles. The molecule has 0 amide bonds. The van der Waals surface area contributed by atoms with Gasteiger partial charge in [-0.2, -0.15) is 0 Å². The Kier molecular flexibility index (Phi) is 4.81. The highest BCUT2D eigenvalue weighted by Crippen LogP contribution is 2.49. The molecule has 33 heavy (non-hydrogen) atoms. The van der Waals surface area contributed by atoms with Crippen LogP contribution in [0, 0.1) is 19.3 Å². The van der Waals surface area contributed by atoms with E-state index in [0.29, 0.717) is 0 Å². The van der Waals surface area contributed by atoms with Crippen LogP contribution in [0.3, 0.4) is 0 Å². The molecular formula is C30H36NOSi+. The van der Waals surface area contributed by atoms with Gasteiger partial charge in [0.15, 0.2) is 6.20 Å². The molecule has 2 heterocycles. The van der Waals surface area contributed by atoms with Crippen molar-refractivity contribution >= 4 is 34.8 Å². The number of benzene rings is 3. The Hall–Kier alpha value is -2.65. The minimum absolute atomic E-state index is 0.225. The summed E-state index contributed by atoms with van der Waals surface area (Å²) < 4.78 is 9.27. The highest BCUT2D eigenvalue weighted by Gasteiger charge is 2.36. The third-order valence-electron chi connectivity index (χ3n) is 6.95. The Balaban J connectivity index is 1.95. The highest BCUT2D eigenvalue weighted by atomic mass is 28.3. The molecule has 3 heteroatoms. The second-order valence-electron chi connectivity index (χ2n) is 12.1. The predicted octanol–water partition coefficient (Wildman–Crippen LogP) is 7.34. The van der Waals surface area contributed by atoms with Gasteiger partial charge in [-0.25, -0.2) is 4.57 Å². The zero-order valence-corrected chi connectivity index (χ0v) is 22.6. The lowest BCUT2D eigenvalue weighted by molar-refractivity contribution is -0.659. The van der Waals surface area contributed by atoms with Crippen molar-refractivity contribution in [1.82, 2.24) is 0 Å². The molecule has 0 saturated heterocycles. The monoisotopic (exact) mass is 454 g/mol. The fourth-order valence-corrected chi connectivity index (χ4v) is 7.63. The molecule has 170 valence electrons. The Labute approximate surface area is 199 Å². The fraction of sp³-hybridized carbons (Fsp3) is 0.367. The molecule has 5 rings (SSSR count). The van der Waals surface area contributed by atoms with Crippen LogP contribution in [0.15, 0.2) is 42.6 Å². The van der Waals surface area contributed by atoms with Gasteiger partial charge in [0.25, 0.3) is 0 Å². The average Bonchev–Trinajstić information content (AvgIpc) is 2.68. The normalized spacial score (nSPS) is 13.4. The van der Waals surface area contributed by atoms with E-state index < -0.39 is 8.07 Å². The lowest BCUT2D eigenvalue weighted by Crippen LogP contribution is -2.41. The van der Waals surface area contributed by atoms with E-state index in [0.717, 1.165) is 17.9 Å². The predicted molar refractivity (Wildman–Crippen MR) is 144 cm³/mol. The Bertz CT molecular complexity index is 1450. The molecular weight excluding hydrogens is 418 g/mol. The van der Waals surface area contributed by atoms with Gasteiger partial charge in [-0.1, -0.05) is 64.7 Å². The van der Waals surface area contributed by atoms with Crippen molar-refractivity contribution in [3.05, 3.63) is 59.3 Å². The fourth-order valence-electron chi connectivity index (χ4n) is 5.69. The number of rotatable bonds is 2. The maximum Gasteiger partial charge on any atom is 0.228 e. The molecule has 1 aromatic heterocycles. The van der Waals surface area contributed by atoms with Gasteiger partial charge in [-0.05, 0) is 69.8 Å². The van der Waals surface area contributed by atoms with Gasteiger partial charge in [0.1, 0.15) is 18.5 Å². The molecule has 4 aromatic rings. The van der Waals surface area contributed by atoms with Crippen LogP contribution in [0.5, 0.6) is 11.5 Å². The van der Waals surface area contributed by atoms with Gasteiger partial charge in [-0.15, -0.1) is 0 Å². The van der Waals surface area contributed by atoms with Gasteiger partial charge in [-0.3, -0.25) is 0 Å². The largest absolute Gasteiger partial charge is 0.456 e. The second-order valence-corrected chi connectivity index (χ2v) is 17.1. The van der Waals surface area contributed by atoms with E-state index in [2.05, 4.69) is 108 Å². The second kappa shape index (κ2) is 7.17. The number of pyridine rings is 1. The van der Waals surface area contributed by atoms with E-state index in [-0.39, 0.29) is 5.41 Å². The first-order valence-corrected chi connectivity index (χ1v) is 15.6. The average molecular weight is 455 g/mol. The van der Waals surface area contributed by atoms with E-state index in [1.165, 1.54) is 54.7 Å². The molecule has 0 spiro atoms. The van der Waals surface area contributed by atoms with Gasteiger partial charge in [0.05, 0.1) is 19.0 Å². The molecule has 0 radical (unpaired) electrons. The topological polar surface area (TPSA) is 13.1 Å². The van der Waals surface area contributed by atoms with E-state index in [1.807, 2.05) is 0 Å². The molecule has 1 aliphatic rings. The van der Waals surface area contributed by atoms with Crippen molar-refractivity contribution in [3.8, 4) is 22.8 Å². The lowest BCUT2D eigenvalue weighted by atomic mass is 9.86. The molecule has 1 aliphatic heterocycles. The summed E-state index contributed by atoms with van der Waals surface area (Å²) in [5, 5.41) is 6.71. The summed E-state index contributed by atoms with van der Waals surface area (Å²) in [6.45, 7) is 18.8. The van der Waals surface area contributed by atoms with Crippen LogP contribution in [-0.2, 0) is 13.5 Å². The van der Waals surface area contributed by atoms with Gasteiger partial charge < -0.3 is 4.74 Å². The van der Waals surface area contributed by atoms with Gasteiger partial charge in [0.2, 0.25) is 5.69 Å². The Morgan fingerprint density at radius 3 is 2.36 bits per heavy atom. The molecule has 0 bridgehead atoms. The van der Waals surface area contributed by atoms with Crippen molar-refractivity contribution in [2.45, 2.75) is 60.7 Å². The minimum atomic E-state index is -1.74. The number of nitrogens with zero attached hydrogens (tertiary/aromatic N) is 1. The maximum atomic E-state index is 6.98.